The van der Waals surface area contributed by atoms with Gasteiger partial charge in [-0.25, -0.2) is 14.4 Å². The molecule has 0 unspecified atom stereocenters. The second-order valence-electron chi connectivity index (χ2n) is 6.12. The lowest BCUT2D eigenvalue weighted by atomic mass is 10.1. The van der Waals surface area contributed by atoms with Crippen molar-refractivity contribution in [1.29, 1.82) is 0 Å². The Hall–Kier alpha value is -4.73. The van der Waals surface area contributed by atoms with E-state index in [1.807, 2.05) is 0 Å². The van der Waals surface area contributed by atoms with Crippen molar-refractivity contribution in [1.82, 2.24) is 0 Å². The van der Waals surface area contributed by atoms with Gasteiger partial charge in [0.05, 0.1) is 11.1 Å². The van der Waals surface area contributed by atoms with Gasteiger partial charge in [0.2, 0.25) is 0 Å². The van der Waals surface area contributed by atoms with Crippen LogP contribution in [0.15, 0.2) is 54.6 Å². The van der Waals surface area contributed by atoms with E-state index in [4.69, 9.17) is 9.47 Å². The highest BCUT2D eigenvalue weighted by Crippen LogP contribution is 2.34. The Morgan fingerprint density at radius 3 is 1.65 bits per heavy atom. The van der Waals surface area contributed by atoms with E-state index in [9.17, 15) is 39.9 Å². The fraction of sp³-hybridized carbons (Fsp3) is 0. The summed E-state index contributed by atoms with van der Waals surface area (Å²) in [4.78, 5) is 36.4. The zero-order valence-electron chi connectivity index (χ0n) is 15.5. The molecule has 0 amide bonds. The van der Waals surface area contributed by atoms with Crippen LogP contribution < -0.4 is 9.47 Å². The maximum atomic E-state index is 12.4. The number of hydrogen-bond donors (Lipinski definition) is 5. The van der Waals surface area contributed by atoms with Gasteiger partial charge in [-0.2, -0.15) is 0 Å². The zero-order valence-corrected chi connectivity index (χ0v) is 15.5. The maximum absolute atomic E-state index is 12.4. The van der Waals surface area contributed by atoms with Crippen molar-refractivity contribution >= 4 is 17.9 Å². The molecule has 3 aromatic rings. The summed E-state index contributed by atoms with van der Waals surface area (Å²) in [6, 6.07) is 9.77. The van der Waals surface area contributed by atoms with Crippen molar-refractivity contribution in [3.8, 4) is 34.5 Å². The molecule has 10 heteroatoms. The number of esters is 2. The summed E-state index contributed by atoms with van der Waals surface area (Å²) in [5.74, 6) is -6.70. The van der Waals surface area contributed by atoms with Gasteiger partial charge in [0.1, 0.15) is 5.56 Å². The zero-order chi connectivity index (χ0) is 22.7. The number of aromatic carboxylic acids is 1. The molecule has 3 rings (SSSR count). The summed E-state index contributed by atoms with van der Waals surface area (Å²) in [5.41, 5.74) is -0.872. The maximum Gasteiger partial charge on any atom is 0.343 e. The quantitative estimate of drug-likeness (QED) is 0.232. The summed E-state index contributed by atoms with van der Waals surface area (Å²) in [7, 11) is 0. The summed E-state index contributed by atoms with van der Waals surface area (Å²) in [6.45, 7) is 0. The molecule has 0 spiro atoms. The monoisotopic (exact) mass is 426 g/mol. The number of benzene rings is 3. The second-order valence-corrected chi connectivity index (χ2v) is 6.12. The summed E-state index contributed by atoms with van der Waals surface area (Å²) >= 11 is 0. The van der Waals surface area contributed by atoms with Crippen LogP contribution in [0, 0.1) is 0 Å². The Labute approximate surface area is 173 Å². The van der Waals surface area contributed by atoms with Crippen LogP contribution in [0.2, 0.25) is 0 Å². The Balaban J connectivity index is 1.96. The number of hydrogen-bond acceptors (Lipinski definition) is 9. The van der Waals surface area contributed by atoms with Gasteiger partial charge in [-0.3, -0.25) is 0 Å². The first-order valence-electron chi connectivity index (χ1n) is 8.52. The second kappa shape index (κ2) is 8.33. The molecule has 0 bridgehead atoms. The van der Waals surface area contributed by atoms with Crippen molar-refractivity contribution < 1.29 is 49.4 Å². The number of carboxylic acid groups (broad SMARTS) is 1. The molecule has 0 saturated carbocycles. The Kier molecular flexibility index (Phi) is 5.64. The van der Waals surface area contributed by atoms with Gasteiger partial charge in [-0.15, -0.1) is 0 Å². The number of ether oxygens (including phenoxy) is 2. The van der Waals surface area contributed by atoms with Crippen molar-refractivity contribution in [3.05, 3.63) is 71.3 Å². The van der Waals surface area contributed by atoms with Gasteiger partial charge in [0.15, 0.2) is 34.5 Å². The molecule has 0 aliphatic rings. The van der Waals surface area contributed by atoms with Gasteiger partial charge in [-0.1, -0.05) is 6.07 Å². The molecule has 3 aromatic carbocycles. The van der Waals surface area contributed by atoms with E-state index in [0.717, 1.165) is 42.5 Å². The Morgan fingerprint density at radius 2 is 1.16 bits per heavy atom. The summed E-state index contributed by atoms with van der Waals surface area (Å²) in [6.07, 6.45) is 0. The van der Waals surface area contributed by atoms with E-state index < -0.39 is 58.0 Å². The molecule has 5 N–H and O–H groups in total. The number of phenolic OH excluding ortho intramolecular Hbond substituents is 4. The largest absolute Gasteiger partial charge is 0.504 e. The van der Waals surface area contributed by atoms with Crippen molar-refractivity contribution in [2.45, 2.75) is 0 Å². The predicted molar refractivity (Wildman–Crippen MR) is 103 cm³/mol. The molecular weight excluding hydrogens is 412 g/mol. The third-order valence-corrected chi connectivity index (χ3v) is 4.03. The van der Waals surface area contributed by atoms with Gasteiger partial charge in [-0.05, 0) is 48.5 Å². The van der Waals surface area contributed by atoms with Gasteiger partial charge < -0.3 is 35.0 Å². The lowest BCUT2D eigenvalue weighted by Crippen LogP contribution is -2.15. The highest BCUT2D eigenvalue weighted by Gasteiger charge is 2.23. The number of carbonyl (C=O) groups excluding carboxylic acids is 2. The minimum absolute atomic E-state index is 0.170. The molecule has 0 aliphatic heterocycles. The van der Waals surface area contributed by atoms with Crippen LogP contribution in [-0.2, 0) is 0 Å². The average molecular weight is 426 g/mol. The molecule has 0 atom stereocenters. The number of aromatic hydroxyl groups is 4. The standard InChI is InChI=1S/C21H14O10/c22-13-6-4-10(8-15(13)24)20(28)30-17-3-1-2-12(19(26)27)18(17)31-21(29)11-5-7-14(23)16(25)9-11/h1-9,22-25H,(H,26,27). The number of carboxylic acids is 1. The third-order valence-electron chi connectivity index (χ3n) is 4.03. The molecule has 0 aliphatic carbocycles. The van der Waals surface area contributed by atoms with Gasteiger partial charge in [0.25, 0.3) is 0 Å². The smallest absolute Gasteiger partial charge is 0.343 e. The fourth-order valence-corrected chi connectivity index (χ4v) is 2.48. The summed E-state index contributed by atoms with van der Waals surface area (Å²) < 4.78 is 10.3. The van der Waals surface area contributed by atoms with E-state index in [2.05, 4.69) is 0 Å². The number of para-hydroxylation sites is 1. The number of carbonyl (C=O) groups is 3. The Morgan fingerprint density at radius 1 is 0.645 bits per heavy atom. The van der Waals surface area contributed by atoms with Crippen LogP contribution in [0.3, 0.4) is 0 Å². The van der Waals surface area contributed by atoms with Crippen molar-refractivity contribution in [2.75, 3.05) is 0 Å². The molecule has 31 heavy (non-hydrogen) atoms. The molecule has 0 fully saturated rings. The average Bonchev–Trinajstić information content (AvgIpc) is 2.72. The molecular formula is C21H14O10. The Bertz CT molecular complexity index is 1200. The highest BCUT2D eigenvalue weighted by molar-refractivity contribution is 5.98. The molecule has 0 aromatic heterocycles. The predicted octanol–water partition coefficient (Wildman–Crippen LogP) is 2.65. The minimum atomic E-state index is -1.48. The number of phenols is 4. The van der Waals surface area contributed by atoms with Crippen LogP contribution in [-0.4, -0.2) is 43.4 Å². The first-order valence-corrected chi connectivity index (χ1v) is 8.52. The van der Waals surface area contributed by atoms with Gasteiger partial charge in [0, 0.05) is 0 Å². The SMILES string of the molecule is O=C(Oc1cccc(C(=O)O)c1OC(=O)c1ccc(O)c(O)c1)c1ccc(O)c(O)c1. The lowest BCUT2D eigenvalue weighted by Gasteiger charge is -2.13. The first-order chi connectivity index (χ1) is 14.7. The lowest BCUT2D eigenvalue weighted by molar-refractivity contribution is 0.0652. The fourth-order valence-electron chi connectivity index (χ4n) is 2.48. The molecule has 0 saturated heterocycles. The van der Waals surface area contributed by atoms with E-state index in [1.165, 1.54) is 12.1 Å². The van der Waals surface area contributed by atoms with E-state index in [0.29, 0.717) is 0 Å². The van der Waals surface area contributed by atoms with Crippen LogP contribution in [0.5, 0.6) is 34.5 Å². The molecule has 158 valence electrons. The van der Waals surface area contributed by atoms with Crippen molar-refractivity contribution in [2.24, 2.45) is 0 Å². The topological polar surface area (TPSA) is 171 Å². The van der Waals surface area contributed by atoms with Crippen LogP contribution in [0.1, 0.15) is 31.1 Å². The number of rotatable bonds is 5. The van der Waals surface area contributed by atoms with Gasteiger partial charge >= 0.3 is 17.9 Å². The minimum Gasteiger partial charge on any atom is -0.504 e. The van der Waals surface area contributed by atoms with E-state index in [1.54, 1.807) is 0 Å². The van der Waals surface area contributed by atoms with Crippen LogP contribution in [0.4, 0.5) is 0 Å². The van der Waals surface area contributed by atoms with Crippen LogP contribution >= 0.6 is 0 Å². The van der Waals surface area contributed by atoms with Crippen molar-refractivity contribution in [3.63, 3.8) is 0 Å². The van der Waals surface area contributed by atoms with E-state index >= 15 is 0 Å². The van der Waals surface area contributed by atoms with Crippen LogP contribution in [0.25, 0.3) is 0 Å². The molecule has 0 radical (unpaired) electrons. The normalized spacial score (nSPS) is 10.3. The highest BCUT2D eigenvalue weighted by atomic mass is 16.6. The molecule has 0 heterocycles. The molecule has 10 nitrogen and oxygen atoms in total. The van der Waals surface area contributed by atoms with E-state index in [-0.39, 0.29) is 11.1 Å². The third kappa shape index (κ3) is 4.48. The first kappa shape index (κ1) is 21.0. The summed E-state index contributed by atoms with van der Waals surface area (Å²) in [5, 5.41) is 47.2.